The molecule has 1 aromatic carbocycles. The van der Waals surface area contributed by atoms with Gasteiger partial charge in [-0.15, -0.1) is 30.4 Å². The number of guanidine groups is 1. The molecule has 0 saturated heterocycles. The SMILES string of the molecule is C#CCN=C(NCC)NC(C)c1ccc(C)c(F)c1.I. The summed E-state index contributed by atoms with van der Waals surface area (Å²) < 4.78 is 13.5. The predicted molar refractivity (Wildman–Crippen MR) is 92.9 cm³/mol. The standard InChI is InChI=1S/C15H20FN3.HI/c1-5-9-18-15(17-6-2)19-12(4)13-8-7-11(3)14(16)10-13;/h1,7-8,10,12H,6,9H2,2-4H3,(H2,17,18,19);1H. The first kappa shape index (κ1) is 18.7. The molecule has 0 aromatic heterocycles. The number of rotatable bonds is 4. The molecule has 5 heteroatoms. The van der Waals surface area contributed by atoms with Crippen molar-refractivity contribution in [1.82, 2.24) is 10.6 Å². The molecule has 0 fully saturated rings. The Morgan fingerprint density at radius 3 is 2.75 bits per heavy atom. The first-order valence-corrected chi connectivity index (χ1v) is 6.32. The van der Waals surface area contributed by atoms with Gasteiger partial charge in [0.25, 0.3) is 0 Å². The van der Waals surface area contributed by atoms with Crippen molar-refractivity contribution in [2.45, 2.75) is 26.8 Å². The van der Waals surface area contributed by atoms with Crippen LogP contribution >= 0.6 is 24.0 Å². The fourth-order valence-corrected chi connectivity index (χ4v) is 1.61. The summed E-state index contributed by atoms with van der Waals surface area (Å²) in [6.07, 6.45) is 5.19. The van der Waals surface area contributed by atoms with Gasteiger partial charge in [0.05, 0.1) is 6.04 Å². The second-order valence-corrected chi connectivity index (χ2v) is 4.27. The van der Waals surface area contributed by atoms with Gasteiger partial charge in [-0.1, -0.05) is 18.1 Å². The van der Waals surface area contributed by atoms with Crippen LogP contribution in [0.2, 0.25) is 0 Å². The maximum absolute atomic E-state index is 13.5. The molecule has 20 heavy (non-hydrogen) atoms. The number of hydrogen-bond donors (Lipinski definition) is 2. The minimum Gasteiger partial charge on any atom is -0.357 e. The first-order chi connectivity index (χ1) is 9.08. The maximum atomic E-state index is 13.5. The summed E-state index contributed by atoms with van der Waals surface area (Å²) in [7, 11) is 0. The van der Waals surface area contributed by atoms with Crippen LogP contribution < -0.4 is 10.6 Å². The van der Waals surface area contributed by atoms with Crippen molar-refractivity contribution in [3.05, 3.63) is 35.1 Å². The fourth-order valence-electron chi connectivity index (χ4n) is 1.61. The van der Waals surface area contributed by atoms with E-state index >= 15 is 0 Å². The van der Waals surface area contributed by atoms with E-state index in [2.05, 4.69) is 21.5 Å². The molecule has 0 aliphatic heterocycles. The Bertz CT molecular complexity index is 494. The molecular formula is C15H21FIN3. The smallest absolute Gasteiger partial charge is 0.192 e. The molecule has 0 spiro atoms. The van der Waals surface area contributed by atoms with Gasteiger partial charge in [0.2, 0.25) is 0 Å². The van der Waals surface area contributed by atoms with Gasteiger partial charge in [-0.25, -0.2) is 9.38 Å². The summed E-state index contributed by atoms with van der Waals surface area (Å²) in [6, 6.07) is 5.16. The summed E-state index contributed by atoms with van der Waals surface area (Å²) in [5.41, 5.74) is 1.51. The number of hydrogen-bond acceptors (Lipinski definition) is 1. The van der Waals surface area contributed by atoms with E-state index in [-0.39, 0.29) is 35.8 Å². The predicted octanol–water partition coefficient (Wildman–Crippen LogP) is 3.00. The number of aliphatic imine (C=N–C) groups is 1. The Morgan fingerprint density at radius 1 is 1.50 bits per heavy atom. The van der Waals surface area contributed by atoms with E-state index in [4.69, 9.17) is 6.42 Å². The van der Waals surface area contributed by atoms with E-state index in [0.29, 0.717) is 18.1 Å². The summed E-state index contributed by atoms with van der Waals surface area (Å²) in [6.45, 7) is 6.72. The largest absolute Gasteiger partial charge is 0.357 e. The van der Waals surface area contributed by atoms with Crippen molar-refractivity contribution in [1.29, 1.82) is 0 Å². The molecule has 0 aliphatic rings. The van der Waals surface area contributed by atoms with Gasteiger partial charge in [0.1, 0.15) is 12.4 Å². The lowest BCUT2D eigenvalue weighted by Gasteiger charge is -2.18. The molecule has 0 amide bonds. The van der Waals surface area contributed by atoms with Crippen LogP contribution in [0.3, 0.4) is 0 Å². The number of benzene rings is 1. The second kappa shape index (κ2) is 9.59. The molecule has 110 valence electrons. The Labute approximate surface area is 137 Å². The zero-order valence-corrected chi connectivity index (χ0v) is 14.4. The molecule has 1 unspecified atom stereocenters. The number of halogens is 2. The Balaban J connectivity index is 0.00000361. The van der Waals surface area contributed by atoms with Crippen molar-refractivity contribution in [3.63, 3.8) is 0 Å². The van der Waals surface area contributed by atoms with Gasteiger partial charge in [-0.05, 0) is 38.0 Å². The van der Waals surface area contributed by atoms with Crippen LogP contribution in [0.1, 0.15) is 31.0 Å². The zero-order chi connectivity index (χ0) is 14.3. The molecule has 0 radical (unpaired) electrons. The number of aryl methyl sites for hydroxylation is 1. The molecular weight excluding hydrogens is 368 g/mol. The van der Waals surface area contributed by atoms with Crippen LogP contribution in [0.25, 0.3) is 0 Å². The van der Waals surface area contributed by atoms with Crippen LogP contribution in [0, 0.1) is 25.1 Å². The third-order valence-electron chi connectivity index (χ3n) is 2.72. The number of terminal acetylenes is 1. The summed E-state index contributed by atoms with van der Waals surface area (Å²) in [5, 5.41) is 6.29. The minimum atomic E-state index is -0.197. The third-order valence-corrected chi connectivity index (χ3v) is 2.72. The van der Waals surface area contributed by atoms with Gasteiger partial charge < -0.3 is 10.6 Å². The monoisotopic (exact) mass is 389 g/mol. The molecule has 1 aromatic rings. The van der Waals surface area contributed by atoms with Gasteiger partial charge in [0.15, 0.2) is 5.96 Å². The molecule has 3 nitrogen and oxygen atoms in total. The highest BCUT2D eigenvalue weighted by molar-refractivity contribution is 14.0. The average molecular weight is 389 g/mol. The summed E-state index contributed by atoms with van der Waals surface area (Å²) in [5.74, 6) is 2.89. The van der Waals surface area contributed by atoms with Crippen molar-refractivity contribution in [3.8, 4) is 12.3 Å². The Morgan fingerprint density at radius 2 is 2.20 bits per heavy atom. The quantitative estimate of drug-likeness (QED) is 0.360. The molecule has 0 heterocycles. The molecule has 0 bridgehead atoms. The van der Waals surface area contributed by atoms with Crippen LogP contribution in [0.4, 0.5) is 4.39 Å². The molecule has 0 aliphatic carbocycles. The lowest BCUT2D eigenvalue weighted by Crippen LogP contribution is -2.38. The van der Waals surface area contributed by atoms with Gasteiger partial charge in [-0.3, -0.25) is 0 Å². The van der Waals surface area contributed by atoms with Crippen molar-refractivity contribution in [2.24, 2.45) is 4.99 Å². The van der Waals surface area contributed by atoms with Crippen LogP contribution in [0.5, 0.6) is 0 Å². The van der Waals surface area contributed by atoms with E-state index in [0.717, 1.165) is 12.1 Å². The van der Waals surface area contributed by atoms with Crippen LogP contribution in [-0.2, 0) is 0 Å². The Kier molecular flexibility index (Phi) is 8.97. The van der Waals surface area contributed by atoms with Crippen molar-refractivity contribution < 1.29 is 4.39 Å². The summed E-state index contributed by atoms with van der Waals surface area (Å²) in [4.78, 5) is 4.20. The topological polar surface area (TPSA) is 36.4 Å². The molecule has 1 atom stereocenters. The maximum Gasteiger partial charge on any atom is 0.192 e. The third kappa shape index (κ3) is 5.78. The van der Waals surface area contributed by atoms with Gasteiger partial charge in [0, 0.05) is 6.54 Å². The first-order valence-electron chi connectivity index (χ1n) is 6.32. The summed E-state index contributed by atoms with van der Waals surface area (Å²) >= 11 is 0. The fraction of sp³-hybridized carbons (Fsp3) is 0.400. The van der Waals surface area contributed by atoms with Gasteiger partial charge in [-0.2, -0.15) is 0 Å². The van der Waals surface area contributed by atoms with E-state index in [1.54, 1.807) is 13.0 Å². The minimum absolute atomic E-state index is 0. The van der Waals surface area contributed by atoms with Crippen molar-refractivity contribution >= 4 is 29.9 Å². The average Bonchev–Trinajstić information content (AvgIpc) is 2.39. The molecule has 1 rings (SSSR count). The van der Waals surface area contributed by atoms with Gasteiger partial charge >= 0.3 is 0 Å². The van der Waals surface area contributed by atoms with Crippen LogP contribution in [0.15, 0.2) is 23.2 Å². The highest BCUT2D eigenvalue weighted by Gasteiger charge is 2.09. The molecule has 0 saturated carbocycles. The highest BCUT2D eigenvalue weighted by Crippen LogP contribution is 2.16. The van der Waals surface area contributed by atoms with E-state index in [1.807, 2.05) is 19.9 Å². The lowest BCUT2D eigenvalue weighted by molar-refractivity contribution is 0.607. The van der Waals surface area contributed by atoms with Crippen molar-refractivity contribution in [2.75, 3.05) is 13.1 Å². The second-order valence-electron chi connectivity index (χ2n) is 4.27. The highest BCUT2D eigenvalue weighted by atomic mass is 127. The van der Waals surface area contributed by atoms with E-state index in [9.17, 15) is 4.39 Å². The lowest BCUT2D eigenvalue weighted by atomic mass is 10.1. The van der Waals surface area contributed by atoms with E-state index in [1.165, 1.54) is 6.07 Å². The Hall–Kier alpha value is -1.29. The van der Waals surface area contributed by atoms with E-state index < -0.39 is 0 Å². The zero-order valence-electron chi connectivity index (χ0n) is 12.0. The van der Waals surface area contributed by atoms with Crippen LogP contribution in [-0.4, -0.2) is 19.0 Å². The number of nitrogens with one attached hydrogen (secondary N) is 2. The normalized spacial score (nSPS) is 12.1. The number of nitrogens with zero attached hydrogens (tertiary/aromatic N) is 1. The molecule has 2 N–H and O–H groups in total.